The largest absolute Gasteiger partial charge is 0.359 e. The van der Waals surface area contributed by atoms with Crippen LogP contribution < -0.4 is 16.0 Å². The lowest BCUT2D eigenvalue weighted by Crippen LogP contribution is -2.14. The van der Waals surface area contributed by atoms with Gasteiger partial charge in [0.1, 0.15) is 18.9 Å². The van der Waals surface area contributed by atoms with E-state index in [1.54, 1.807) is 6.07 Å². The number of anilines is 1. The van der Waals surface area contributed by atoms with E-state index in [1.807, 2.05) is 26.7 Å². The quantitative estimate of drug-likeness (QED) is 0.217. The summed E-state index contributed by atoms with van der Waals surface area (Å²) in [6.45, 7) is 14.5. The molecule has 0 unspecified atom stereocenters. The second-order valence-corrected chi connectivity index (χ2v) is 8.91. The Hall–Kier alpha value is -3.10. The van der Waals surface area contributed by atoms with Gasteiger partial charge < -0.3 is 30.5 Å². The van der Waals surface area contributed by atoms with Crippen LogP contribution in [0.4, 0.5) is 10.1 Å². The topological polar surface area (TPSA) is 103 Å². The minimum Gasteiger partial charge on any atom is -0.359 e. The van der Waals surface area contributed by atoms with Crippen LogP contribution in [0.2, 0.25) is 0 Å². The molecule has 3 heterocycles. The molecule has 2 aliphatic heterocycles. The summed E-state index contributed by atoms with van der Waals surface area (Å²) in [5.41, 5.74) is 6.05. The average Bonchev–Trinajstić information content (AvgIpc) is 3.64. The van der Waals surface area contributed by atoms with Gasteiger partial charge in [0.05, 0.1) is 5.57 Å². The summed E-state index contributed by atoms with van der Waals surface area (Å²) >= 11 is 0. The van der Waals surface area contributed by atoms with E-state index in [-0.39, 0.29) is 11.7 Å². The zero-order valence-electron chi connectivity index (χ0n) is 22.8. The molecule has 0 atom stereocenters. The van der Waals surface area contributed by atoms with Crippen molar-refractivity contribution in [3.8, 4) is 0 Å². The second kappa shape index (κ2) is 18.2. The van der Waals surface area contributed by atoms with E-state index >= 15 is 0 Å². The lowest BCUT2D eigenvalue weighted by atomic mass is 10.0. The summed E-state index contributed by atoms with van der Waals surface area (Å²) in [5.74, 6) is -0.548. The van der Waals surface area contributed by atoms with Crippen LogP contribution in [0, 0.1) is 19.7 Å². The molecule has 0 radical (unpaired) electrons. The molecule has 4 N–H and O–H groups in total. The van der Waals surface area contributed by atoms with Crippen molar-refractivity contribution in [3.05, 3.63) is 52.1 Å². The number of rotatable bonds is 8. The summed E-state index contributed by atoms with van der Waals surface area (Å²) in [7, 11) is 0. The number of aromatic nitrogens is 1. The Balaban J connectivity index is 0.000000434. The molecule has 0 saturated carbocycles. The van der Waals surface area contributed by atoms with E-state index < -0.39 is 0 Å². The number of unbranched alkanes of at least 4 members (excludes halogenated alkanes) is 2. The number of aldehydes is 1. The van der Waals surface area contributed by atoms with Gasteiger partial charge in [-0.1, -0.05) is 20.3 Å². The van der Waals surface area contributed by atoms with E-state index in [1.165, 1.54) is 43.6 Å². The number of H-pyrrole nitrogens is 1. The Morgan fingerprint density at radius 1 is 1.11 bits per heavy atom. The highest BCUT2D eigenvalue weighted by Crippen LogP contribution is 2.34. The Morgan fingerprint density at radius 3 is 2.35 bits per heavy atom. The van der Waals surface area contributed by atoms with Crippen LogP contribution in [0.25, 0.3) is 11.6 Å². The number of carbonyl (C=O) groups excluding carboxylic acids is 3. The SMILES string of the molecule is C1CCNC1.C=O.CCCCC=O.CCCNCc1c(C)[nH]c(/C=C2\C(=O)Nc3ccc(F)cc32)c1C. The van der Waals surface area contributed by atoms with Crippen molar-refractivity contribution < 1.29 is 18.8 Å². The van der Waals surface area contributed by atoms with E-state index in [9.17, 15) is 14.0 Å². The van der Waals surface area contributed by atoms with Crippen LogP contribution in [-0.4, -0.2) is 43.6 Å². The highest BCUT2D eigenvalue weighted by molar-refractivity contribution is 6.34. The predicted octanol–water partition coefficient (Wildman–Crippen LogP) is 5.32. The third-order valence-electron chi connectivity index (χ3n) is 6.05. The number of hydrogen-bond donors (Lipinski definition) is 4. The van der Waals surface area contributed by atoms with Crippen molar-refractivity contribution in [2.75, 3.05) is 25.0 Å². The first kappa shape index (κ1) is 31.9. The molecule has 8 heteroatoms. The van der Waals surface area contributed by atoms with Crippen LogP contribution >= 0.6 is 0 Å². The Bertz CT molecular complexity index is 1010. The number of aromatic amines is 1. The van der Waals surface area contributed by atoms with Gasteiger partial charge in [0, 0.05) is 35.6 Å². The molecule has 1 aromatic carbocycles. The zero-order valence-corrected chi connectivity index (χ0v) is 22.8. The predicted molar refractivity (Wildman–Crippen MR) is 150 cm³/mol. The number of halogens is 1. The number of hydrogen-bond acceptors (Lipinski definition) is 5. The number of fused-ring (bicyclic) bond motifs is 1. The fraction of sp³-hybridized carbons (Fsp3) is 0.483. The normalized spacial score (nSPS) is 14.4. The summed E-state index contributed by atoms with van der Waals surface area (Å²) in [4.78, 5) is 33.1. The van der Waals surface area contributed by atoms with E-state index in [4.69, 9.17) is 4.79 Å². The van der Waals surface area contributed by atoms with Crippen molar-refractivity contribution in [3.63, 3.8) is 0 Å². The summed E-state index contributed by atoms with van der Waals surface area (Å²) in [5, 5.41) is 9.40. The molecule has 1 aromatic heterocycles. The molecule has 0 spiro atoms. The fourth-order valence-electron chi connectivity index (χ4n) is 3.98. The summed E-state index contributed by atoms with van der Waals surface area (Å²) in [6.07, 6.45) is 9.54. The van der Waals surface area contributed by atoms with E-state index in [2.05, 4.69) is 34.8 Å². The highest BCUT2D eigenvalue weighted by atomic mass is 19.1. The smallest absolute Gasteiger partial charge is 0.256 e. The van der Waals surface area contributed by atoms with E-state index in [0.717, 1.165) is 62.0 Å². The highest BCUT2D eigenvalue weighted by Gasteiger charge is 2.25. The van der Waals surface area contributed by atoms with Gasteiger partial charge in [0.2, 0.25) is 0 Å². The lowest BCUT2D eigenvalue weighted by molar-refractivity contribution is -0.111. The molecule has 204 valence electrons. The van der Waals surface area contributed by atoms with Gasteiger partial charge >= 0.3 is 0 Å². The number of carbonyl (C=O) groups is 3. The third kappa shape index (κ3) is 10.4. The van der Waals surface area contributed by atoms with Crippen molar-refractivity contribution in [2.24, 2.45) is 0 Å². The molecule has 1 saturated heterocycles. The van der Waals surface area contributed by atoms with Crippen LogP contribution in [0.15, 0.2) is 18.2 Å². The number of amides is 1. The molecule has 2 aliphatic rings. The maximum Gasteiger partial charge on any atom is 0.256 e. The van der Waals surface area contributed by atoms with Gasteiger partial charge in [0.15, 0.2) is 0 Å². The Kier molecular flexibility index (Phi) is 15.7. The van der Waals surface area contributed by atoms with Gasteiger partial charge in [-0.3, -0.25) is 4.79 Å². The Labute approximate surface area is 220 Å². The van der Waals surface area contributed by atoms with Crippen molar-refractivity contribution in [2.45, 2.75) is 72.8 Å². The monoisotopic (exact) mass is 514 g/mol. The first-order valence-corrected chi connectivity index (χ1v) is 13.1. The molecule has 2 aromatic rings. The summed E-state index contributed by atoms with van der Waals surface area (Å²) < 4.78 is 13.5. The average molecular weight is 515 g/mol. The van der Waals surface area contributed by atoms with Crippen LogP contribution in [0.3, 0.4) is 0 Å². The molecule has 1 amide bonds. The maximum absolute atomic E-state index is 13.5. The fourth-order valence-corrected chi connectivity index (χ4v) is 3.98. The number of aryl methyl sites for hydroxylation is 1. The third-order valence-corrected chi connectivity index (χ3v) is 6.05. The van der Waals surface area contributed by atoms with Gasteiger partial charge in [-0.05, 0) is 94.6 Å². The number of benzene rings is 1. The van der Waals surface area contributed by atoms with Gasteiger partial charge in [-0.25, -0.2) is 4.39 Å². The molecule has 7 nitrogen and oxygen atoms in total. The minimum absolute atomic E-state index is 0.201. The van der Waals surface area contributed by atoms with Crippen molar-refractivity contribution in [1.82, 2.24) is 15.6 Å². The lowest BCUT2D eigenvalue weighted by Gasteiger charge is -2.04. The van der Waals surface area contributed by atoms with Crippen LogP contribution in [0.5, 0.6) is 0 Å². The second-order valence-electron chi connectivity index (χ2n) is 8.91. The molecular weight excluding hydrogens is 471 g/mol. The van der Waals surface area contributed by atoms with Crippen molar-refractivity contribution in [1.29, 1.82) is 0 Å². The maximum atomic E-state index is 13.5. The first-order valence-electron chi connectivity index (χ1n) is 13.1. The summed E-state index contributed by atoms with van der Waals surface area (Å²) in [6, 6.07) is 4.34. The van der Waals surface area contributed by atoms with Crippen LogP contribution in [0.1, 0.15) is 80.5 Å². The van der Waals surface area contributed by atoms with Crippen molar-refractivity contribution >= 4 is 36.3 Å². The van der Waals surface area contributed by atoms with Crippen LogP contribution in [-0.2, 0) is 20.9 Å². The van der Waals surface area contributed by atoms with Gasteiger partial charge in [-0.15, -0.1) is 0 Å². The standard InChI is InChI=1S/C19H22FN3O.C5H10O.C4H9N.CH2O/c1-4-7-21-10-16-11(2)18(22-12(16)3)9-15-14-8-13(20)5-6-17(14)23-19(15)24;1-2-3-4-5-6;1-2-4-5-3-1;1-2/h5-6,8-9,21-22H,4,7,10H2,1-3H3,(H,23,24);5H,2-4H2,1H3;5H,1-4H2;1H2/b15-9-;;;. The molecular formula is C29H43FN4O3. The zero-order chi connectivity index (χ0) is 27.6. The Morgan fingerprint density at radius 2 is 1.81 bits per heavy atom. The van der Waals surface area contributed by atoms with Gasteiger partial charge in [-0.2, -0.15) is 0 Å². The van der Waals surface area contributed by atoms with E-state index in [0.29, 0.717) is 16.8 Å². The molecule has 1 fully saturated rings. The number of nitrogens with one attached hydrogen (secondary N) is 4. The molecule has 37 heavy (non-hydrogen) atoms. The first-order chi connectivity index (χ1) is 17.9. The minimum atomic E-state index is -0.347. The molecule has 0 bridgehead atoms. The molecule has 4 rings (SSSR count). The molecule has 0 aliphatic carbocycles. The van der Waals surface area contributed by atoms with Gasteiger partial charge in [0.25, 0.3) is 5.91 Å².